The first-order valence-electron chi connectivity index (χ1n) is 7.47. The van der Waals surface area contributed by atoms with E-state index < -0.39 is 5.54 Å². The van der Waals surface area contributed by atoms with Crippen LogP contribution in [0.1, 0.15) is 24.8 Å². The molecular weight excluding hydrogens is 268 g/mol. The number of benzene rings is 1. The maximum atomic E-state index is 12.5. The Balaban J connectivity index is 1.58. The third-order valence-corrected chi connectivity index (χ3v) is 4.28. The van der Waals surface area contributed by atoms with Crippen LogP contribution in [0.25, 0.3) is 0 Å². The van der Waals surface area contributed by atoms with Gasteiger partial charge < -0.3 is 10.1 Å². The highest BCUT2D eigenvalue weighted by molar-refractivity contribution is 6.07. The van der Waals surface area contributed by atoms with Crippen molar-refractivity contribution >= 4 is 11.9 Å². The van der Waals surface area contributed by atoms with E-state index in [-0.39, 0.29) is 11.9 Å². The summed E-state index contributed by atoms with van der Waals surface area (Å²) in [5.74, 6) is -0.0798. The van der Waals surface area contributed by atoms with Crippen molar-refractivity contribution in [3.05, 3.63) is 35.9 Å². The van der Waals surface area contributed by atoms with Gasteiger partial charge in [-0.2, -0.15) is 0 Å². The highest BCUT2D eigenvalue weighted by atomic mass is 16.5. The lowest BCUT2D eigenvalue weighted by molar-refractivity contribution is -0.134. The van der Waals surface area contributed by atoms with Crippen LogP contribution in [-0.2, 0) is 16.0 Å². The molecule has 21 heavy (non-hydrogen) atoms. The van der Waals surface area contributed by atoms with Crippen LogP contribution < -0.4 is 5.32 Å². The van der Waals surface area contributed by atoms with Gasteiger partial charge in [0, 0.05) is 32.6 Å². The normalized spacial score (nSPS) is 20.9. The summed E-state index contributed by atoms with van der Waals surface area (Å²) < 4.78 is 5.29. The van der Waals surface area contributed by atoms with E-state index >= 15 is 0 Å². The van der Waals surface area contributed by atoms with Gasteiger partial charge in [-0.1, -0.05) is 30.3 Å². The molecule has 2 fully saturated rings. The van der Waals surface area contributed by atoms with Crippen molar-refractivity contribution in [3.8, 4) is 0 Å². The molecule has 1 aromatic rings. The Morgan fingerprint density at radius 3 is 2.57 bits per heavy atom. The molecule has 1 aromatic carbocycles. The Morgan fingerprint density at radius 1 is 1.14 bits per heavy atom. The summed E-state index contributed by atoms with van der Waals surface area (Å²) in [4.78, 5) is 25.9. The highest BCUT2D eigenvalue weighted by Crippen LogP contribution is 2.28. The zero-order valence-corrected chi connectivity index (χ0v) is 12.0. The number of rotatable bonds is 4. The third-order valence-electron chi connectivity index (χ3n) is 4.28. The molecule has 2 aliphatic heterocycles. The largest absolute Gasteiger partial charge is 0.381 e. The van der Waals surface area contributed by atoms with Crippen LogP contribution in [0.4, 0.5) is 4.79 Å². The van der Waals surface area contributed by atoms with E-state index in [9.17, 15) is 9.59 Å². The second kappa shape index (κ2) is 5.85. The van der Waals surface area contributed by atoms with Crippen molar-refractivity contribution in [1.82, 2.24) is 10.2 Å². The fourth-order valence-electron chi connectivity index (χ4n) is 3.02. The van der Waals surface area contributed by atoms with Crippen LogP contribution in [0.15, 0.2) is 30.3 Å². The lowest BCUT2D eigenvalue weighted by Crippen LogP contribution is -2.51. The monoisotopic (exact) mass is 288 g/mol. The van der Waals surface area contributed by atoms with Gasteiger partial charge in [-0.15, -0.1) is 0 Å². The number of ether oxygens (including phenoxy) is 1. The first kappa shape index (κ1) is 14.1. The predicted molar refractivity (Wildman–Crippen MR) is 77.8 cm³/mol. The Bertz CT molecular complexity index is 524. The lowest BCUT2D eigenvalue weighted by Gasteiger charge is -2.30. The average molecular weight is 288 g/mol. The number of imide groups is 1. The molecule has 112 valence electrons. The maximum absolute atomic E-state index is 12.5. The summed E-state index contributed by atoms with van der Waals surface area (Å²) in [5.41, 5.74) is 0.521. The second-order valence-corrected chi connectivity index (χ2v) is 5.67. The number of nitrogens with zero attached hydrogens (tertiary/aromatic N) is 1. The van der Waals surface area contributed by atoms with Crippen LogP contribution in [0.5, 0.6) is 0 Å². The Kier molecular flexibility index (Phi) is 3.92. The quantitative estimate of drug-likeness (QED) is 0.858. The van der Waals surface area contributed by atoms with Gasteiger partial charge in [-0.05, 0) is 18.4 Å². The van der Waals surface area contributed by atoms with Gasteiger partial charge in [0.1, 0.15) is 5.54 Å². The van der Waals surface area contributed by atoms with Gasteiger partial charge in [-0.3, -0.25) is 9.69 Å². The molecule has 0 radical (unpaired) electrons. The van der Waals surface area contributed by atoms with Gasteiger partial charge in [0.25, 0.3) is 5.91 Å². The minimum atomic E-state index is -0.706. The zero-order chi connectivity index (χ0) is 14.7. The molecule has 2 heterocycles. The third kappa shape index (κ3) is 2.78. The predicted octanol–water partition coefficient (Wildman–Crippen LogP) is 1.72. The van der Waals surface area contributed by atoms with Crippen LogP contribution in [0.3, 0.4) is 0 Å². The van der Waals surface area contributed by atoms with E-state index in [0.29, 0.717) is 32.6 Å². The van der Waals surface area contributed by atoms with E-state index in [1.54, 1.807) is 0 Å². The number of nitrogens with one attached hydrogen (secondary N) is 1. The lowest BCUT2D eigenvalue weighted by atomic mass is 9.90. The minimum absolute atomic E-state index is 0.0798. The molecular formula is C16H20N2O3. The van der Waals surface area contributed by atoms with E-state index in [1.807, 2.05) is 18.2 Å². The van der Waals surface area contributed by atoms with Gasteiger partial charge in [0.15, 0.2) is 0 Å². The highest BCUT2D eigenvalue weighted by Gasteiger charge is 2.51. The summed E-state index contributed by atoms with van der Waals surface area (Å²) in [6.07, 6.45) is 2.81. The Hall–Kier alpha value is -1.88. The van der Waals surface area contributed by atoms with Crippen LogP contribution in [-0.4, -0.2) is 42.1 Å². The summed E-state index contributed by atoms with van der Waals surface area (Å²) in [7, 11) is 0. The fourth-order valence-corrected chi connectivity index (χ4v) is 3.02. The Labute approximate surface area is 124 Å². The van der Waals surface area contributed by atoms with Crippen LogP contribution in [0.2, 0.25) is 0 Å². The second-order valence-electron chi connectivity index (χ2n) is 5.67. The van der Waals surface area contributed by atoms with Gasteiger partial charge in [-0.25, -0.2) is 4.79 Å². The number of carbonyl (C=O) groups excluding carboxylic acids is 2. The van der Waals surface area contributed by atoms with Crippen molar-refractivity contribution in [2.45, 2.75) is 31.2 Å². The van der Waals surface area contributed by atoms with Crippen molar-refractivity contribution in [2.75, 3.05) is 19.8 Å². The molecule has 3 rings (SSSR count). The maximum Gasteiger partial charge on any atom is 0.325 e. The molecule has 0 unspecified atom stereocenters. The number of aryl methyl sites for hydroxylation is 1. The van der Waals surface area contributed by atoms with Crippen molar-refractivity contribution in [1.29, 1.82) is 0 Å². The summed E-state index contributed by atoms with van der Waals surface area (Å²) in [5, 5.41) is 2.88. The SMILES string of the molecule is O=C1NC2(CCOCC2)C(=O)N1CCCc1ccccc1. The molecule has 1 spiro atoms. The van der Waals surface area contributed by atoms with E-state index in [1.165, 1.54) is 10.5 Å². The number of carbonyl (C=O) groups is 2. The summed E-state index contributed by atoms with van der Waals surface area (Å²) >= 11 is 0. The fraction of sp³-hybridized carbons (Fsp3) is 0.500. The molecule has 0 aliphatic carbocycles. The number of amides is 3. The molecule has 0 aromatic heterocycles. The zero-order valence-electron chi connectivity index (χ0n) is 12.0. The molecule has 5 nitrogen and oxygen atoms in total. The molecule has 2 saturated heterocycles. The Morgan fingerprint density at radius 2 is 1.86 bits per heavy atom. The minimum Gasteiger partial charge on any atom is -0.381 e. The number of hydrogen-bond donors (Lipinski definition) is 1. The van der Waals surface area contributed by atoms with Crippen molar-refractivity contribution in [2.24, 2.45) is 0 Å². The van der Waals surface area contributed by atoms with Gasteiger partial charge in [0.05, 0.1) is 0 Å². The van der Waals surface area contributed by atoms with E-state index in [2.05, 4.69) is 17.4 Å². The van der Waals surface area contributed by atoms with Crippen molar-refractivity contribution in [3.63, 3.8) is 0 Å². The first-order chi connectivity index (χ1) is 10.2. The first-order valence-corrected chi connectivity index (χ1v) is 7.47. The van der Waals surface area contributed by atoms with E-state index in [0.717, 1.165) is 12.8 Å². The molecule has 1 N–H and O–H groups in total. The molecule has 3 amide bonds. The molecule has 0 saturated carbocycles. The topological polar surface area (TPSA) is 58.6 Å². The molecule has 0 atom stereocenters. The van der Waals surface area contributed by atoms with Crippen LogP contribution in [0, 0.1) is 0 Å². The summed E-state index contributed by atoms with van der Waals surface area (Å²) in [6.45, 7) is 1.54. The molecule has 2 aliphatic rings. The average Bonchev–Trinajstić information content (AvgIpc) is 2.73. The van der Waals surface area contributed by atoms with Gasteiger partial charge in [0.2, 0.25) is 0 Å². The number of hydrogen-bond acceptors (Lipinski definition) is 3. The van der Waals surface area contributed by atoms with E-state index in [4.69, 9.17) is 4.74 Å². The number of urea groups is 1. The van der Waals surface area contributed by atoms with Crippen LogP contribution >= 0.6 is 0 Å². The molecule has 0 bridgehead atoms. The van der Waals surface area contributed by atoms with Crippen molar-refractivity contribution < 1.29 is 14.3 Å². The molecule has 5 heteroatoms. The summed E-state index contributed by atoms with van der Waals surface area (Å²) in [6, 6.07) is 9.85. The van der Waals surface area contributed by atoms with Gasteiger partial charge >= 0.3 is 6.03 Å². The smallest absolute Gasteiger partial charge is 0.325 e. The standard InChI is InChI=1S/C16H20N2O3/c19-14-16(8-11-21-12-9-16)17-15(20)18(14)10-4-7-13-5-2-1-3-6-13/h1-3,5-6H,4,7-12H2,(H,17,20).